The van der Waals surface area contributed by atoms with Gasteiger partial charge >= 0.3 is 0 Å². The van der Waals surface area contributed by atoms with E-state index >= 15 is 0 Å². The minimum absolute atomic E-state index is 0.542. The van der Waals surface area contributed by atoms with Crippen molar-refractivity contribution in [1.82, 2.24) is 15.0 Å². The zero-order chi connectivity index (χ0) is 15.2. The number of nitrogens with one attached hydrogen (secondary N) is 1. The third kappa shape index (κ3) is 4.03. The lowest BCUT2D eigenvalue weighted by molar-refractivity contribution is 0.470. The minimum Gasteiger partial charge on any atom is -0.367 e. The van der Waals surface area contributed by atoms with Gasteiger partial charge in [-0.25, -0.2) is 9.97 Å². The molecular formula is C18H24N4. The lowest BCUT2D eigenvalue weighted by Crippen LogP contribution is -2.21. The van der Waals surface area contributed by atoms with Crippen LogP contribution in [0.2, 0.25) is 0 Å². The molecule has 1 saturated carbocycles. The first-order valence-electron chi connectivity index (χ1n) is 8.34. The van der Waals surface area contributed by atoms with E-state index in [-0.39, 0.29) is 0 Å². The van der Waals surface area contributed by atoms with Crippen molar-refractivity contribution in [2.75, 3.05) is 5.32 Å². The molecule has 0 bridgehead atoms. The van der Waals surface area contributed by atoms with E-state index in [4.69, 9.17) is 4.98 Å². The first-order valence-corrected chi connectivity index (χ1v) is 8.34. The Morgan fingerprint density at radius 2 is 1.64 bits per heavy atom. The average Bonchev–Trinajstić information content (AvgIpc) is 2.50. The van der Waals surface area contributed by atoms with Crippen molar-refractivity contribution in [3.63, 3.8) is 0 Å². The standard InChI is InChI=1S/C18H24N4/c1-14-13-17(21-16-7-5-3-2-4-6-8-16)22-18(20-14)15-9-11-19-12-10-15/h9-13,16H,2-8H2,1H3,(H,20,21,22). The van der Waals surface area contributed by atoms with Gasteiger partial charge in [0.25, 0.3) is 0 Å². The number of aryl methyl sites for hydroxylation is 1. The van der Waals surface area contributed by atoms with Crippen molar-refractivity contribution >= 4 is 5.82 Å². The number of hydrogen-bond donors (Lipinski definition) is 1. The third-order valence-corrected chi connectivity index (χ3v) is 4.25. The molecule has 0 atom stereocenters. The molecule has 1 aliphatic carbocycles. The van der Waals surface area contributed by atoms with E-state index in [1.54, 1.807) is 12.4 Å². The van der Waals surface area contributed by atoms with E-state index in [1.807, 2.05) is 25.1 Å². The minimum atomic E-state index is 0.542. The predicted octanol–water partition coefficient (Wildman–Crippen LogP) is 4.37. The fraction of sp³-hybridized carbons (Fsp3) is 0.500. The molecule has 0 unspecified atom stereocenters. The molecule has 0 radical (unpaired) electrons. The summed E-state index contributed by atoms with van der Waals surface area (Å²) in [4.78, 5) is 13.3. The van der Waals surface area contributed by atoms with Crippen molar-refractivity contribution in [3.8, 4) is 11.4 Å². The van der Waals surface area contributed by atoms with Gasteiger partial charge in [-0.3, -0.25) is 4.98 Å². The Morgan fingerprint density at radius 3 is 2.36 bits per heavy atom. The molecular weight excluding hydrogens is 272 g/mol. The molecule has 4 heteroatoms. The summed E-state index contributed by atoms with van der Waals surface area (Å²) in [5.74, 6) is 1.72. The summed E-state index contributed by atoms with van der Waals surface area (Å²) in [5.41, 5.74) is 2.01. The van der Waals surface area contributed by atoms with Crippen LogP contribution in [-0.2, 0) is 0 Å². The Labute approximate surface area is 132 Å². The number of pyridine rings is 1. The van der Waals surface area contributed by atoms with Crippen LogP contribution >= 0.6 is 0 Å². The first kappa shape index (κ1) is 14.9. The summed E-state index contributed by atoms with van der Waals surface area (Å²) in [6.07, 6.45) is 12.8. The second-order valence-electron chi connectivity index (χ2n) is 6.14. The fourth-order valence-corrected chi connectivity index (χ4v) is 3.08. The van der Waals surface area contributed by atoms with E-state index in [1.165, 1.54) is 44.9 Å². The summed E-state index contributed by atoms with van der Waals surface area (Å²) in [6, 6.07) is 6.49. The molecule has 1 aliphatic rings. The molecule has 0 aliphatic heterocycles. The van der Waals surface area contributed by atoms with Gasteiger partial charge in [-0.15, -0.1) is 0 Å². The molecule has 2 aromatic rings. The zero-order valence-corrected chi connectivity index (χ0v) is 13.3. The normalized spacial score (nSPS) is 16.8. The Morgan fingerprint density at radius 1 is 0.955 bits per heavy atom. The van der Waals surface area contributed by atoms with E-state index in [0.29, 0.717) is 6.04 Å². The Kier molecular flexibility index (Phi) is 4.99. The van der Waals surface area contributed by atoms with Crippen molar-refractivity contribution in [3.05, 3.63) is 36.3 Å². The summed E-state index contributed by atoms with van der Waals surface area (Å²) >= 11 is 0. The molecule has 0 aromatic carbocycles. The quantitative estimate of drug-likeness (QED) is 0.913. The summed E-state index contributed by atoms with van der Waals surface area (Å²) in [7, 11) is 0. The maximum atomic E-state index is 4.70. The summed E-state index contributed by atoms with van der Waals surface area (Å²) in [6.45, 7) is 2.02. The molecule has 0 amide bonds. The molecule has 3 rings (SSSR count). The number of anilines is 1. The molecule has 1 fully saturated rings. The number of rotatable bonds is 3. The van der Waals surface area contributed by atoms with Crippen LogP contribution in [0.5, 0.6) is 0 Å². The van der Waals surface area contributed by atoms with Gasteiger partial charge in [0.1, 0.15) is 5.82 Å². The molecule has 116 valence electrons. The van der Waals surface area contributed by atoms with Gasteiger partial charge in [-0.05, 0) is 31.9 Å². The Hall–Kier alpha value is -1.97. The van der Waals surface area contributed by atoms with E-state index in [2.05, 4.69) is 15.3 Å². The molecule has 2 heterocycles. The predicted molar refractivity (Wildman–Crippen MR) is 89.7 cm³/mol. The molecule has 4 nitrogen and oxygen atoms in total. The average molecular weight is 296 g/mol. The molecule has 2 aromatic heterocycles. The maximum Gasteiger partial charge on any atom is 0.161 e. The van der Waals surface area contributed by atoms with Gasteiger partial charge in [0.15, 0.2) is 5.82 Å². The SMILES string of the molecule is Cc1cc(NC2CCCCCCC2)nc(-c2ccncc2)n1. The lowest BCUT2D eigenvalue weighted by Gasteiger charge is -2.22. The Bertz CT molecular complexity index is 589. The molecule has 22 heavy (non-hydrogen) atoms. The monoisotopic (exact) mass is 296 g/mol. The highest BCUT2D eigenvalue weighted by molar-refractivity contribution is 5.56. The van der Waals surface area contributed by atoms with Crippen molar-refractivity contribution in [2.24, 2.45) is 0 Å². The van der Waals surface area contributed by atoms with Crippen molar-refractivity contribution in [2.45, 2.75) is 57.9 Å². The molecule has 1 N–H and O–H groups in total. The lowest BCUT2D eigenvalue weighted by atomic mass is 9.97. The van der Waals surface area contributed by atoms with Gasteiger partial charge in [-0.1, -0.05) is 32.1 Å². The number of hydrogen-bond acceptors (Lipinski definition) is 4. The molecule has 0 spiro atoms. The highest BCUT2D eigenvalue weighted by Gasteiger charge is 2.13. The first-order chi connectivity index (χ1) is 10.8. The third-order valence-electron chi connectivity index (χ3n) is 4.25. The van der Waals surface area contributed by atoms with E-state index in [9.17, 15) is 0 Å². The van der Waals surface area contributed by atoms with Crippen LogP contribution in [0, 0.1) is 6.92 Å². The number of nitrogens with zero attached hydrogens (tertiary/aromatic N) is 3. The highest BCUT2D eigenvalue weighted by Crippen LogP contribution is 2.22. The van der Waals surface area contributed by atoms with Crippen molar-refractivity contribution < 1.29 is 0 Å². The molecule has 0 saturated heterocycles. The van der Waals surface area contributed by atoms with E-state index < -0.39 is 0 Å². The summed E-state index contributed by atoms with van der Waals surface area (Å²) < 4.78 is 0. The largest absolute Gasteiger partial charge is 0.367 e. The van der Waals surface area contributed by atoms with Gasteiger partial charge in [-0.2, -0.15) is 0 Å². The second-order valence-corrected chi connectivity index (χ2v) is 6.14. The van der Waals surface area contributed by atoms with Gasteiger partial charge in [0.2, 0.25) is 0 Å². The topological polar surface area (TPSA) is 50.7 Å². The van der Waals surface area contributed by atoms with Crippen LogP contribution in [0.3, 0.4) is 0 Å². The van der Waals surface area contributed by atoms with Crippen LogP contribution in [0.15, 0.2) is 30.6 Å². The highest BCUT2D eigenvalue weighted by atomic mass is 15.0. The summed E-state index contributed by atoms with van der Waals surface area (Å²) in [5, 5.41) is 3.63. The fourth-order valence-electron chi connectivity index (χ4n) is 3.08. The van der Waals surface area contributed by atoms with Gasteiger partial charge in [0.05, 0.1) is 0 Å². The van der Waals surface area contributed by atoms with Crippen molar-refractivity contribution in [1.29, 1.82) is 0 Å². The van der Waals surface area contributed by atoms with Gasteiger partial charge < -0.3 is 5.32 Å². The van der Waals surface area contributed by atoms with Crippen LogP contribution in [0.4, 0.5) is 5.82 Å². The second kappa shape index (κ2) is 7.34. The zero-order valence-electron chi connectivity index (χ0n) is 13.3. The maximum absolute atomic E-state index is 4.70. The van der Waals surface area contributed by atoms with Crippen LogP contribution in [0.25, 0.3) is 11.4 Å². The van der Waals surface area contributed by atoms with Crippen LogP contribution < -0.4 is 5.32 Å². The van der Waals surface area contributed by atoms with Crippen LogP contribution in [-0.4, -0.2) is 21.0 Å². The smallest absolute Gasteiger partial charge is 0.161 e. The number of aromatic nitrogens is 3. The van der Waals surface area contributed by atoms with E-state index in [0.717, 1.165) is 22.9 Å². The van der Waals surface area contributed by atoms with Gasteiger partial charge in [0, 0.05) is 35.8 Å². The van der Waals surface area contributed by atoms with Crippen LogP contribution in [0.1, 0.15) is 50.6 Å². The Balaban J connectivity index is 1.77.